The molecule has 1 aromatic carbocycles. The van der Waals surface area contributed by atoms with Gasteiger partial charge < -0.3 is 39.1 Å². The Hall–Kier alpha value is -0.850. The average molecular weight is 494 g/mol. The molecule has 1 aliphatic rings. The van der Waals surface area contributed by atoms with Crippen LogP contribution in [0.4, 0.5) is 0 Å². The smallest absolute Gasteiger partial charge is 0.488 e. The van der Waals surface area contributed by atoms with Crippen LogP contribution < -0.4 is 9.47 Å². The van der Waals surface area contributed by atoms with Crippen LogP contribution in [0.15, 0.2) is 24.3 Å². The van der Waals surface area contributed by atoms with Crippen LogP contribution >= 0.6 is 23.2 Å². The van der Waals surface area contributed by atoms with E-state index < -0.39 is 54.4 Å². The van der Waals surface area contributed by atoms with E-state index in [1.165, 1.54) is 19.2 Å². The molecule has 0 radical (unpaired) electrons. The van der Waals surface area contributed by atoms with Gasteiger partial charge in [-0.1, -0.05) is 0 Å². The first-order chi connectivity index (χ1) is 13.7. The summed E-state index contributed by atoms with van der Waals surface area (Å²) in [5.74, 6) is 0.808. The molecule has 2 rings (SSSR count). The molecular weight excluding hydrogens is 473 g/mol. The summed E-state index contributed by atoms with van der Waals surface area (Å²) in [6, 6.07) is 6.16. The third-order valence-electron chi connectivity index (χ3n) is 3.49. The molecule has 1 heterocycles. The zero-order valence-electron chi connectivity index (χ0n) is 15.6. The minimum Gasteiger partial charge on any atom is -0.497 e. The predicted octanol–water partition coefficient (Wildman–Crippen LogP) is 0.586. The van der Waals surface area contributed by atoms with E-state index >= 15 is 0 Å². The second-order valence-corrected chi connectivity index (χ2v) is 11.1. The SMILES string of the molecule is COc1ccc(O[C@@H]2O[C@H](COP(=O)(O)OP(=O)(O)OP(C)(=O)O)[C@@H](O)[C@H]2O)cc1. The Bertz CT molecular complexity index is 853. The van der Waals surface area contributed by atoms with E-state index in [9.17, 15) is 33.7 Å². The largest absolute Gasteiger partial charge is 0.497 e. The average Bonchev–Trinajstić information content (AvgIpc) is 2.85. The van der Waals surface area contributed by atoms with Crippen LogP contribution in [-0.2, 0) is 31.6 Å². The van der Waals surface area contributed by atoms with Crippen molar-refractivity contribution in [1.82, 2.24) is 0 Å². The Labute approximate surface area is 170 Å². The molecule has 1 fully saturated rings. The van der Waals surface area contributed by atoms with Gasteiger partial charge in [-0.3, -0.25) is 9.09 Å². The van der Waals surface area contributed by atoms with Crippen molar-refractivity contribution < 1.29 is 65.9 Å². The number of phosphoric acid groups is 2. The molecule has 7 atom stereocenters. The molecule has 17 heteroatoms. The molecule has 0 aromatic heterocycles. The zero-order valence-corrected chi connectivity index (χ0v) is 18.3. The maximum absolute atomic E-state index is 11.8. The van der Waals surface area contributed by atoms with Gasteiger partial charge in [0.15, 0.2) is 0 Å². The van der Waals surface area contributed by atoms with Crippen LogP contribution in [0.1, 0.15) is 0 Å². The number of aliphatic hydroxyl groups excluding tert-OH is 2. The van der Waals surface area contributed by atoms with Crippen molar-refractivity contribution in [2.24, 2.45) is 0 Å². The van der Waals surface area contributed by atoms with Gasteiger partial charge in [0.05, 0.1) is 13.7 Å². The lowest BCUT2D eigenvalue weighted by Crippen LogP contribution is -2.35. The van der Waals surface area contributed by atoms with Crippen molar-refractivity contribution in [3.05, 3.63) is 24.3 Å². The Morgan fingerprint density at radius 3 is 2.03 bits per heavy atom. The molecule has 0 aliphatic carbocycles. The molecule has 1 aliphatic heterocycles. The molecule has 30 heavy (non-hydrogen) atoms. The van der Waals surface area contributed by atoms with Gasteiger partial charge in [-0.15, -0.1) is 0 Å². The lowest BCUT2D eigenvalue weighted by Gasteiger charge is -2.19. The first kappa shape index (κ1) is 25.4. The van der Waals surface area contributed by atoms with Crippen molar-refractivity contribution in [3.63, 3.8) is 0 Å². The fraction of sp³-hybridized carbons (Fsp3) is 0.538. The van der Waals surface area contributed by atoms with Crippen LogP contribution in [-0.4, -0.2) is 69.9 Å². The summed E-state index contributed by atoms with van der Waals surface area (Å²) in [6.45, 7) is -0.327. The number of phosphoric ester groups is 1. The monoisotopic (exact) mass is 494 g/mol. The minimum atomic E-state index is -5.43. The summed E-state index contributed by atoms with van der Waals surface area (Å²) < 4.78 is 62.0. The molecule has 172 valence electrons. The fourth-order valence-electron chi connectivity index (χ4n) is 2.27. The number of methoxy groups -OCH3 is 1. The Balaban J connectivity index is 1.94. The molecule has 0 amide bonds. The molecule has 14 nitrogen and oxygen atoms in total. The van der Waals surface area contributed by atoms with E-state index in [-0.39, 0.29) is 5.75 Å². The lowest BCUT2D eigenvalue weighted by atomic mass is 10.1. The number of aliphatic hydroxyl groups is 2. The summed E-state index contributed by atoms with van der Waals surface area (Å²) in [5.41, 5.74) is 0. The summed E-state index contributed by atoms with van der Waals surface area (Å²) in [6.07, 6.45) is -5.93. The number of hydrogen-bond donors (Lipinski definition) is 5. The predicted molar refractivity (Wildman–Crippen MR) is 97.8 cm³/mol. The molecule has 0 bridgehead atoms. The molecule has 1 saturated heterocycles. The van der Waals surface area contributed by atoms with Crippen molar-refractivity contribution in [3.8, 4) is 11.5 Å². The number of ether oxygens (including phenoxy) is 3. The topological polar surface area (TPSA) is 208 Å². The summed E-state index contributed by atoms with van der Waals surface area (Å²) >= 11 is 0. The highest BCUT2D eigenvalue weighted by atomic mass is 31.3. The van der Waals surface area contributed by atoms with Crippen molar-refractivity contribution in [2.45, 2.75) is 24.6 Å². The first-order valence-electron chi connectivity index (χ1n) is 8.07. The van der Waals surface area contributed by atoms with Crippen molar-refractivity contribution in [1.29, 1.82) is 0 Å². The van der Waals surface area contributed by atoms with Gasteiger partial charge in [0.1, 0.15) is 29.8 Å². The Morgan fingerprint density at radius 1 is 0.933 bits per heavy atom. The molecule has 0 spiro atoms. The number of hydrogen-bond acceptors (Lipinski definition) is 11. The van der Waals surface area contributed by atoms with Gasteiger partial charge in [0.2, 0.25) is 6.29 Å². The van der Waals surface area contributed by atoms with Gasteiger partial charge in [0.25, 0.3) is 0 Å². The van der Waals surface area contributed by atoms with Crippen LogP contribution in [0.5, 0.6) is 11.5 Å². The third kappa shape index (κ3) is 7.69. The summed E-state index contributed by atoms with van der Waals surface area (Å²) in [5, 5.41) is 20.0. The molecular formula is C13H21O14P3. The fourth-order valence-corrected chi connectivity index (χ4v) is 5.75. The highest BCUT2D eigenvalue weighted by Crippen LogP contribution is 2.66. The molecule has 1 aromatic rings. The maximum Gasteiger partial charge on any atom is 0.488 e. The van der Waals surface area contributed by atoms with E-state index in [0.717, 1.165) is 0 Å². The molecule has 3 unspecified atom stereocenters. The Morgan fingerprint density at radius 2 is 1.50 bits per heavy atom. The van der Waals surface area contributed by atoms with Gasteiger partial charge in [0, 0.05) is 6.66 Å². The lowest BCUT2D eigenvalue weighted by molar-refractivity contribution is -0.115. The van der Waals surface area contributed by atoms with Crippen LogP contribution in [0.25, 0.3) is 0 Å². The van der Waals surface area contributed by atoms with E-state index in [0.29, 0.717) is 12.4 Å². The van der Waals surface area contributed by atoms with E-state index in [4.69, 9.17) is 19.1 Å². The van der Waals surface area contributed by atoms with Crippen LogP contribution in [0, 0.1) is 0 Å². The van der Waals surface area contributed by atoms with Gasteiger partial charge in [-0.25, -0.2) is 13.4 Å². The molecule has 5 N–H and O–H groups in total. The standard InChI is InChI=1S/C13H21O14P3/c1-22-8-3-5-9(6-4-8)24-13-12(15)11(14)10(25-13)7-23-29(18,19)27-30(20,21)26-28(2,16)17/h3-6,10-15H,7H2,1-2H3,(H,16,17)(H,18,19)(H,20,21)/t10-,11-,12-,13-/m1/s1. The van der Waals surface area contributed by atoms with E-state index in [1.807, 2.05) is 0 Å². The van der Waals surface area contributed by atoms with E-state index in [1.54, 1.807) is 12.1 Å². The minimum absolute atomic E-state index is 0.260. The molecule has 0 saturated carbocycles. The first-order valence-corrected chi connectivity index (χ1v) is 13.1. The van der Waals surface area contributed by atoms with Crippen molar-refractivity contribution in [2.75, 3.05) is 20.4 Å². The maximum atomic E-state index is 11.8. The third-order valence-corrected chi connectivity index (χ3v) is 7.66. The highest BCUT2D eigenvalue weighted by molar-refractivity contribution is 7.68. The number of rotatable bonds is 10. The van der Waals surface area contributed by atoms with Gasteiger partial charge >= 0.3 is 23.2 Å². The second-order valence-electron chi connectivity index (χ2n) is 6.02. The van der Waals surface area contributed by atoms with Crippen molar-refractivity contribution >= 4 is 23.2 Å². The zero-order chi connectivity index (χ0) is 22.7. The number of benzene rings is 1. The van der Waals surface area contributed by atoms with Crippen LogP contribution in [0.2, 0.25) is 0 Å². The summed E-state index contributed by atoms with van der Waals surface area (Å²) in [4.78, 5) is 27.6. The van der Waals surface area contributed by atoms with Gasteiger partial charge in [-0.05, 0) is 24.3 Å². The summed E-state index contributed by atoms with van der Waals surface area (Å²) in [7, 11) is -13.8. The second kappa shape index (κ2) is 9.74. The highest BCUT2D eigenvalue weighted by Gasteiger charge is 2.46. The van der Waals surface area contributed by atoms with E-state index in [2.05, 4.69) is 13.1 Å². The van der Waals surface area contributed by atoms with Crippen LogP contribution in [0.3, 0.4) is 0 Å². The normalized spacial score (nSPS) is 30.1. The quantitative estimate of drug-likeness (QED) is 0.282. The Kier molecular flexibility index (Phi) is 8.25. The van der Waals surface area contributed by atoms with Gasteiger partial charge in [-0.2, -0.15) is 4.31 Å².